The highest BCUT2D eigenvalue weighted by Gasteiger charge is 2.05. The van der Waals surface area contributed by atoms with Crippen molar-refractivity contribution in [2.45, 2.75) is 13.8 Å². The van der Waals surface area contributed by atoms with Crippen LogP contribution in [0.5, 0.6) is 0 Å². The maximum absolute atomic E-state index is 11.0. The van der Waals surface area contributed by atoms with Crippen LogP contribution in [0.3, 0.4) is 0 Å². The summed E-state index contributed by atoms with van der Waals surface area (Å²) in [5.41, 5.74) is 1.98. The first-order valence-electron chi connectivity index (χ1n) is 3.67. The second-order valence-electron chi connectivity index (χ2n) is 2.65. The van der Waals surface area contributed by atoms with Crippen molar-refractivity contribution in [3.05, 3.63) is 34.9 Å². The zero-order valence-electron chi connectivity index (χ0n) is 7.09. The number of ketones is 1. The van der Waals surface area contributed by atoms with Gasteiger partial charge < -0.3 is 0 Å². The molecule has 1 aromatic carbocycles. The third kappa shape index (κ3) is 1.35. The summed E-state index contributed by atoms with van der Waals surface area (Å²) in [4.78, 5) is 11.0. The van der Waals surface area contributed by atoms with E-state index in [2.05, 4.69) is 0 Å². The van der Waals surface area contributed by atoms with Crippen LogP contribution < -0.4 is 0 Å². The van der Waals surface area contributed by atoms with E-state index in [1.165, 1.54) is 6.92 Å². The SMILES string of the molecule is CC(=O)c1cccc(C#N)c1C. The van der Waals surface area contributed by atoms with Crippen LogP contribution in [-0.2, 0) is 0 Å². The molecule has 1 aromatic rings. The van der Waals surface area contributed by atoms with E-state index in [9.17, 15) is 4.79 Å². The molecule has 0 aromatic heterocycles. The van der Waals surface area contributed by atoms with Gasteiger partial charge in [-0.05, 0) is 25.5 Å². The van der Waals surface area contributed by atoms with E-state index < -0.39 is 0 Å². The minimum atomic E-state index is 0.00426. The summed E-state index contributed by atoms with van der Waals surface area (Å²) in [6, 6.07) is 7.21. The Morgan fingerprint density at radius 3 is 2.67 bits per heavy atom. The molecule has 0 aliphatic carbocycles. The first kappa shape index (κ1) is 8.48. The molecule has 0 radical (unpaired) electrons. The fraction of sp³-hybridized carbons (Fsp3) is 0.200. The van der Waals surface area contributed by atoms with Crippen molar-refractivity contribution in [1.82, 2.24) is 0 Å². The second kappa shape index (κ2) is 3.19. The van der Waals surface area contributed by atoms with Crippen LogP contribution in [0.4, 0.5) is 0 Å². The Balaban J connectivity index is 3.35. The molecule has 12 heavy (non-hydrogen) atoms. The van der Waals surface area contributed by atoms with Crippen molar-refractivity contribution in [1.29, 1.82) is 5.26 Å². The maximum atomic E-state index is 11.0. The minimum absolute atomic E-state index is 0.00426. The molecule has 0 aliphatic heterocycles. The van der Waals surface area contributed by atoms with Crippen molar-refractivity contribution in [2.75, 3.05) is 0 Å². The third-order valence-electron chi connectivity index (χ3n) is 1.83. The van der Waals surface area contributed by atoms with Crippen LogP contribution in [0.15, 0.2) is 18.2 Å². The fourth-order valence-electron chi connectivity index (χ4n) is 1.14. The summed E-state index contributed by atoms with van der Waals surface area (Å²) >= 11 is 0. The zero-order valence-corrected chi connectivity index (χ0v) is 7.09. The molecule has 1 rings (SSSR count). The molecule has 0 heterocycles. The lowest BCUT2D eigenvalue weighted by atomic mass is 10.0. The Morgan fingerprint density at radius 1 is 1.50 bits per heavy atom. The molecule has 0 bridgehead atoms. The largest absolute Gasteiger partial charge is 0.295 e. The first-order chi connectivity index (χ1) is 5.66. The molecule has 0 atom stereocenters. The van der Waals surface area contributed by atoms with Gasteiger partial charge in [-0.3, -0.25) is 4.79 Å². The van der Waals surface area contributed by atoms with E-state index in [0.29, 0.717) is 11.1 Å². The normalized spacial score (nSPS) is 9.08. The predicted molar refractivity (Wildman–Crippen MR) is 45.9 cm³/mol. The Hall–Kier alpha value is -1.62. The second-order valence-corrected chi connectivity index (χ2v) is 2.65. The molecule has 0 fully saturated rings. The molecule has 2 nitrogen and oxygen atoms in total. The smallest absolute Gasteiger partial charge is 0.160 e. The van der Waals surface area contributed by atoms with Crippen molar-refractivity contribution in [2.24, 2.45) is 0 Å². The average Bonchev–Trinajstić information content (AvgIpc) is 2.04. The fourth-order valence-corrected chi connectivity index (χ4v) is 1.14. The number of Topliss-reactive ketones (excluding diaryl/α,β-unsaturated/α-hetero) is 1. The molecule has 0 saturated heterocycles. The van der Waals surface area contributed by atoms with E-state index in [-0.39, 0.29) is 5.78 Å². The van der Waals surface area contributed by atoms with E-state index in [1.807, 2.05) is 6.07 Å². The van der Waals surface area contributed by atoms with Crippen LogP contribution in [0.25, 0.3) is 0 Å². The van der Waals surface area contributed by atoms with Crippen LogP contribution in [0.2, 0.25) is 0 Å². The number of benzene rings is 1. The molecular formula is C10H9NO. The van der Waals surface area contributed by atoms with Gasteiger partial charge in [0.25, 0.3) is 0 Å². The van der Waals surface area contributed by atoms with Crippen molar-refractivity contribution in [3.63, 3.8) is 0 Å². The molecule has 0 spiro atoms. The number of nitrogens with zero attached hydrogens (tertiary/aromatic N) is 1. The minimum Gasteiger partial charge on any atom is -0.295 e. The number of hydrogen-bond donors (Lipinski definition) is 0. The quantitative estimate of drug-likeness (QED) is 0.588. The van der Waals surface area contributed by atoms with Gasteiger partial charge in [0, 0.05) is 5.56 Å². The van der Waals surface area contributed by atoms with Crippen molar-refractivity contribution >= 4 is 5.78 Å². The average molecular weight is 159 g/mol. The van der Waals surface area contributed by atoms with Crippen LogP contribution in [-0.4, -0.2) is 5.78 Å². The first-order valence-corrected chi connectivity index (χ1v) is 3.67. The van der Waals surface area contributed by atoms with Crippen molar-refractivity contribution < 1.29 is 4.79 Å². The van der Waals surface area contributed by atoms with Gasteiger partial charge in [-0.25, -0.2) is 0 Å². The number of carbonyl (C=O) groups excluding carboxylic acids is 1. The molecular weight excluding hydrogens is 150 g/mol. The molecule has 0 saturated carbocycles. The Kier molecular flexibility index (Phi) is 2.25. The Labute approximate surface area is 71.4 Å². The molecule has 0 N–H and O–H groups in total. The van der Waals surface area contributed by atoms with Gasteiger partial charge in [-0.2, -0.15) is 5.26 Å². The highest BCUT2D eigenvalue weighted by Crippen LogP contribution is 2.12. The van der Waals surface area contributed by atoms with E-state index >= 15 is 0 Å². The molecule has 60 valence electrons. The van der Waals surface area contributed by atoms with Crippen LogP contribution >= 0.6 is 0 Å². The number of nitriles is 1. The summed E-state index contributed by atoms with van der Waals surface area (Å²) in [6.45, 7) is 3.29. The predicted octanol–water partition coefficient (Wildman–Crippen LogP) is 2.07. The zero-order chi connectivity index (χ0) is 9.14. The summed E-state index contributed by atoms with van der Waals surface area (Å²) in [7, 11) is 0. The standard InChI is InChI=1S/C10H9NO/c1-7-9(6-11)4-3-5-10(7)8(2)12/h3-5H,1-2H3. The molecule has 2 heteroatoms. The maximum Gasteiger partial charge on any atom is 0.160 e. The lowest BCUT2D eigenvalue weighted by Crippen LogP contribution is -1.97. The summed E-state index contributed by atoms with van der Waals surface area (Å²) in [6.07, 6.45) is 0. The highest BCUT2D eigenvalue weighted by atomic mass is 16.1. The lowest BCUT2D eigenvalue weighted by molar-refractivity contribution is 0.101. The third-order valence-corrected chi connectivity index (χ3v) is 1.83. The van der Waals surface area contributed by atoms with Crippen LogP contribution in [0, 0.1) is 18.3 Å². The monoisotopic (exact) mass is 159 g/mol. The van der Waals surface area contributed by atoms with Gasteiger partial charge in [-0.15, -0.1) is 0 Å². The summed E-state index contributed by atoms with van der Waals surface area (Å²) in [5, 5.41) is 8.66. The number of hydrogen-bond acceptors (Lipinski definition) is 2. The van der Waals surface area contributed by atoms with Gasteiger partial charge in [-0.1, -0.05) is 12.1 Å². The highest BCUT2D eigenvalue weighted by molar-refractivity contribution is 5.95. The van der Waals surface area contributed by atoms with Crippen molar-refractivity contribution in [3.8, 4) is 6.07 Å². The number of carbonyl (C=O) groups is 1. The van der Waals surface area contributed by atoms with Gasteiger partial charge in [0.05, 0.1) is 11.6 Å². The van der Waals surface area contributed by atoms with E-state index in [4.69, 9.17) is 5.26 Å². The Bertz CT molecular complexity index is 361. The summed E-state index contributed by atoms with van der Waals surface area (Å²) in [5.74, 6) is 0.00426. The Morgan fingerprint density at radius 2 is 2.17 bits per heavy atom. The lowest BCUT2D eigenvalue weighted by Gasteiger charge is -2.01. The molecule has 0 amide bonds. The van der Waals surface area contributed by atoms with Gasteiger partial charge in [0.1, 0.15) is 0 Å². The topological polar surface area (TPSA) is 40.9 Å². The number of rotatable bonds is 1. The van der Waals surface area contributed by atoms with Gasteiger partial charge >= 0.3 is 0 Å². The molecule has 0 aliphatic rings. The van der Waals surface area contributed by atoms with E-state index in [0.717, 1.165) is 5.56 Å². The van der Waals surface area contributed by atoms with E-state index in [1.54, 1.807) is 25.1 Å². The van der Waals surface area contributed by atoms with Gasteiger partial charge in [0.2, 0.25) is 0 Å². The molecule has 0 unspecified atom stereocenters. The summed E-state index contributed by atoms with van der Waals surface area (Å²) < 4.78 is 0. The van der Waals surface area contributed by atoms with Crippen LogP contribution in [0.1, 0.15) is 28.4 Å². The van der Waals surface area contributed by atoms with Gasteiger partial charge in [0.15, 0.2) is 5.78 Å².